The van der Waals surface area contributed by atoms with Gasteiger partial charge in [-0.05, 0) is 12.1 Å². The van der Waals surface area contributed by atoms with Crippen LogP contribution in [0, 0.1) is 0 Å². The summed E-state index contributed by atoms with van der Waals surface area (Å²) in [4.78, 5) is 15.5. The monoisotopic (exact) mass is 247 g/mol. The predicted octanol–water partition coefficient (Wildman–Crippen LogP) is 2.02. The number of fused-ring (bicyclic) bond motifs is 3. The lowest BCUT2D eigenvalue weighted by Crippen LogP contribution is -2.06. The molecular formula is C12H17N5O. The van der Waals surface area contributed by atoms with E-state index >= 15 is 0 Å². The largest absolute Gasteiger partial charge is 0.287 e. The minimum atomic E-state index is -0.144. The van der Waals surface area contributed by atoms with Crippen LogP contribution in [0.25, 0.3) is 16.7 Å². The van der Waals surface area contributed by atoms with Crippen molar-refractivity contribution in [3.05, 3.63) is 34.6 Å². The van der Waals surface area contributed by atoms with Crippen molar-refractivity contribution >= 4 is 16.7 Å². The molecule has 1 N–H and O–H groups in total. The third kappa shape index (κ3) is 2.37. The smallest absolute Gasteiger partial charge is 0.210 e. The second-order valence-electron chi connectivity index (χ2n) is 2.87. The third-order valence-electron chi connectivity index (χ3n) is 2.05. The van der Waals surface area contributed by atoms with Gasteiger partial charge in [0.2, 0.25) is 5.43 Å². The zero-order valence-electron chi connectivity index (χ0n) is 11.0. The second kappa shape index (κ2) is 6.48. The summed E-state index contributed by atoms with van der Waals surface area (Å²) in [6.07, 6.45) is 1.58. The van der Waals surface area contributed by atoms with Crippen LogP contribution in [-0.2, 0) is 0 Å². The van der Waals surface area contributed by atoms with Crippen LogP contribution >= 0.6 is 0 Å². The number of hydrogen-bond acceptors (Lipinski definition) is 4. The number of H-pyrrole nitrogens is 1. The number of hydrogen-bond donors (Lipinski definition) is 1. The van der Waals surface area contributed by atoms with Gasteiger partial charge >= 0.3 is 0 Å². The first-order valence-corrected chi connectivity index (χ1v) is 6.04. The first kappa shape index (κ1) is 13.8. The SMILES string of the molecule is CC.CC.O=c1cc2nn[nH]n2c2cccnc12. The Bertz CT molecular complexity index is 671. The summed E-state index contributed by atoms with van der Waals surface area (Å²) in [5, 5.41) is 10.0. The molecule has 0 radical (unpaired) electrons. The number of tetrazole rings is 1. The fourth-order valence-electron chi connectivity index (χ4n) is 1.44. The van der Waals surface area contributed by atoms with E-state index in [0.717, 1.165) is 0 Å². The van der Waals surface area contributed by atoms with Crippen LogP contribution in [0.15, 0.2) is 29.2 Å². The van der Waals surface area contributed by atoms with Crippen LogP contribution in [-0.4, -0.2) is 25.0 Å². The van der Waals surface area contributed by atoms with Crippen LogP contribution in [0.2, 0.25) is 0 Å². The zero-order valence-corrected chi connectivity index (χ0v) is 11.0. The molecule has 0 saturated heterocycles. The van der Waals surface area contributed by atoms with E-state index in [1.807, 2.05) is 27.7 Å². The zero-order chi connectivity index (χ0) is 13.5. The Morgan fingerprint density at radius 1 is 1.22 bits per heavy atom. The van der Waals surface area contributed by atoms with Gasteiger partial charge in [0.1, 0.15) is 5.52 Å². The highest BCUT2D eigenvalue weighted by Gasteiger charge is 2.05. The van der Waals surface area contributed by atoms with Gasteiger partial charge in [0.15, 0.2) is 5.65 Å². The molecule has 6 heteroatoms. The maximum absolute atomic E-state index is 11.5. The van der Waals surface area contributed by atoms with Gasteiger partial charge < -0.3 is 0 Å². The lowest BCUT2D eigenvalue weighted by Gasteiger charge is -1.96. The topological polar surface area (TPSA) is 75.9 Å². The predicted molar refractivity (Wildman–Crippen MR) is 71.6 cm³/mol. The Hall–Kier alpha value is -2.24. The van der Waals surface area contributed by atoms with E-state index < -0.39 is 0 Å². The average Bonchev–Trinajstić information content (AvgIpc) is 2.92. The van der Waals surface area contributed by atoms with E-state index in [2.05, 4.69) is 20.5 Å². The molecule has 3 aromatic rings. The summed E-state index contributed by atoms with van der Waals surface area (Å²) in [7, 11) is 0. The molecular weight excluding hydrogens is 230 g/mol. The van der Waals surface area contributed by atoms with E-state index in [1.165, 1.54) is 6.07 Å². The second-order valence-corrected chi connectivity index (χ2v) is 2.87. The minimum Gasteiger partial charge on any atom is -0.287 e. The molecule has 0 atom stereocenters. The van der Waals surface area contributed by atoms with Gasteiger partial charge in [0.05, 0.1) is 5.52 Å². The summed E-state index contributed by atoms with van der Waals surface area (Å²) in [6.45, 7) is 8.00. The number of aromatic nitrogens is 5. The van der Waals surface area contributed by atoms with Gasteiger partial charge in [0, 0.05) is 12.3 Å². The molecule has 3 rings (SSSR count). The summed E-state index contributed by atoms with van der Waals surface area (Å²) in [5.41, 5.74) is 1.45. The fourth-order valence-corrected chi connectivity index (χ4v) is 1.44. The summed E-state index contributed by atoms with van der Waals surface area (Å²) in [5.74, 6) is 0. The van der Waals surface area contributed by atoms with Gasteiger partial charge in [-0.1, -0.05) is 32.9 Å². The molecule has 3 heterocycles. The lowest BCUT2D eigenvalue weighted by molar-refractivity contribution is 0.841. The van der Waals surface area contributed by atoms with Crippen LogP contribution in [0.4, 0.5) is 0 Å². The maximum Gasteiger partial charge on any atom is 0.210 e. The number of nitrogens with one attached hydrogen (secondary N) is 1. The van der Waals surface area contributed by atoms with E-state index in [0.29, 0.717) is 16.7 Å². The molecule has 0 aliphatic heterocycles. The fraction of sp³-hybridized carbons (Fsp3) is 0.333. The highest BCUT2D eigenvalue weighted by molar-refractivity contribution is 5.76. The van der Waals surface area contributed by atoms with E-state index in [4.69, 9.17) is 0 Å². The van der Waals surface area contributed by atoms with Gasteiger partial charge in [-0.15, -0.1) is 5.10 Å². The summed E-state index contributed by atoms with van der Waals surface area (Å²) < 4.78 is 1.61. The molecule has 0 aliphatic carbocycles. The molecule has 0 spiro atoms. The maximum atomic E-state index is 11.5. The van der Waals surface area contributed by atoms with Gasteiger partial charge in [0.25, 0.3) is 0 Å². The van der Waals surface area contributed by atoms with Gasteiger partial charge in [-0.2, -0.15) is 5.21 Å². The lowest BCUT2D eigenvalue weighted by atomic mass is 10.3. The molecule has 6 nitrogen and oxygen atoms in total. The molecule has 0 fully saturated rings. The van der Waals surface area contributed by atoms with Crippen molar-refractivity contribution in [1.82, 2.24) is 25.0 Å². The molecule has 0 aromatic carbocycles. The highest BCUT2D eigenvalue weighted by Crippen LogP contribution is 2.06. The number of rotatable bonds is 0. The molecule has 3 aromatic heterocycles. The van der Waals surface area contributed by atoms with Crippen molar-refractivity contribution in [1.29, 1.82) is 0 Å². The van der Waals surface area contributed by atoms with Crippen molar-refractivity contribution in [3.8, 4) is 0 Å². The molecule has 0 aliphatic rings. The summed E-state index contributed by atoms with van der Waals surface area (Å²) in [6, 6.07) is 4.95. The third-order valence-corrected chi connectivity index (χ3v) is 2.05. The van der Waals surface area contributed by atoms with Crippen molar-refractivity contribution in [2.75, 3.05) is 0 Å². The molecule has 0 unspecified atom stereocenters. The average molecular weight is 247 g/mol. The number of pyridine rings is 2. The highest BCUT2D eigenvalue weighted by atomic mass is 16.1. The minimum absolute atomic E-state index is 0.144. The van der Waals surface area contributed by atoms with Gasteiger partial charge in [-0.25, -0.2) is 4.52 Å². The Balaban J connectivity index is 0.000000371. The standard InChI is InChI=1S/C8H5N5O.2C2H6/c14-6-4-7-10-11-12-13(7)5-2-1-3-9-8(5)6;2*1-2/h1-4H,(H,10,12);2*1-2H3. The quantitative estimate of drug-likeness (QED) is 0.659. The van der Waals surface area contributed by atoms with Crippen molar-refractivity contribution in [2.24, 2.45) is 0 Å². The number of nitrogens with zero attached hydrogens (tertiary/aromatic N) is 4. The first-order valence-electron chi connectivity index (χ1n) is 6.04. The summed E-state index contributed by atoms with van der Waals surface area (Å²) >= 11 is 0. The Kier molecular flexibility index (Phi) is 4.98. The molecule has 96 valence electrons. The van der Waals surface area contributed by atoms with Crippen LogP contribution in [0.1, 0.15) is 27.7 Å². The van der Waals surface area contributed by atoms with Crippen LogP contribution in [0.5, 0.6) is 0 Å². The van der Waals surface area contributed by atoms with E-state index in [-0.39, 0.29) is 5.43 Å². The normalized spacial score (nSPS) is 9.33. The molecule has 0 amide bonds. The molecule has 0 bridgehead atoms. The van der Waals surface area contributed by atoms with Gasteiger partial charge in [-0.3, -0.25) is 9.78 Å². The van der Waals surface area contributed by atoms with Crippen molar-refractivity contribution in [3.63, 3.8) is 0 Å². The Morgan fingerprint density at radius 3 is 2.67 bits per heavy atom. The van der Waals surface area contributed by atoms with E-state index in [1.54, 1.807) is 22.8 Å². The van der Waals surface area contributed by atoms with E-state index in [9.17, 15) is 4.79 Å². The van der Waals surface area contributed by atoms with Crippen molar-refractivity contribution in [2.45, 2.75) is 27.7 Å². The Morgan fingerprint density at radius 2 is 1.94 bits per heavy atom. The van der Waals surface area contributed by atoms with Crippen molar-refractivity contribution < 1.29 is 0 Å². The van der Waals surface area contributed by atoms with Crippen LogP contribution < -0.4 is 5.43 Å². The molecule has 18 heavy (non-hydrogen) atoms. The Labute approximate surface area is 105 Å². The van der Waals surface area contributed by atoms with Crippen LogP contribution in [0.3, 0.4) is 0 Å². The first-order chi connectivity index (χ1) is 8.86. The number of aromatic amines is 1. The molecule has 0 saturated carbocycles.